The Morgan fingerprint density at radius 3 is 1.65 bits per heavy atom. The first-order valence-corrected chi connectivity index (χ1v) is 18.7. The van der Waals surface area contributed by atoms with Crippen LogP contribution in [0.4, 0.5) is 0 Å². The van der Waals surface area contributed by atoms with Crippen molar-refractivity contribution in [3.05, 3.63) is 158 Å². The average Bonchev–Trinajstić information content (AvgIpc) is 3.82. The number of hydrogen-bond donors (Lipinski definition) is 0. The molecule has 0 saturated carbocycles. The van der Waals surface area contributed by atoms with Gasteiger partial charge in [0.2, 0.25) is 11.9 Å². The molecule has 0 N–H and O–H groups in total. The van der Waals surface area contributed by atoms with Gasteiger partial charge in [-0.15, -0.1) is 0 Å². The van der Waals surface area contributed by atoms with Crippen LogP contribution in [0.1, 0.15) is 0 Å². The fourth-order valence-corrected chi connectivity index (χ4v) is 11.0. The van der Waals surface area contributed by atoms with Crippen molar-refractivity contribution in [3.63, 3.8) is 0 Å². The van der Waals surface area contributed by atoms with Gasteiger partial charge in [-0.25, -0.2) is 9.97 Å². The van der Waals surface area contributed by atoms with Crippen LogP contribution in [0.25, 0.3) is 78.3 Å². The van der Waals surface area contributed by atoms with Gasteiger partial charge in [-0.1, -0.05) is 103 Å². The zero-order valence-electron chi connectivity index (χ0n) is 27.5. The summed E-state index contributed by atoms with van der Waals surface area (Å²) in [6.07, 6.45) is 3.58. The maximum absolute atomic E-state index is 15.5. The SMILES string of the molecule is O=P1(c2ccccc2)c2ccccc2-c2ccc(-c3nc(-n4c5ccccc5c5cccnc54)nc(-n4c5ccccc5c5cccnc54)n3)cc21. The van der Waals surface area contributed by atoms with Gasteiger partial charge in [0.25, 0.3) is 0 Å². The molecule has 9 heteroatoms. The Bertz CT molecular complexity index is 2890. The zero-order valence-corrected chi connectivity index (χ0v) is 28.4. The summed E-state index contributed by atoms with van der Waals surface area (Å²) in [5, 5.41) is 6.51. The summed E-state index contributed by atoms with van der Waals surface area (Å²) in [7, 11) is -3.20. The molecule has 244 valence electrons. The van der Waals surface area contributed by atoms with Gasteiger partial charge >= 0.3 is 0 Å². The molecule has 11 rings (SSSR count). The number of rotatable bonds is 4. The highest BCUT2D eigenvalue weighted by molar-refractivity contribution is 7.86. The van der Waals surface area contributed by atoms with E-state index in [1.807, 2.05) is 106 Å². The number of pyridine rings is 2. The number of aromatic nitrogens is 7. The van der Waals surface area contributed by atoms with Crippen molar-refractivity contribution in [2.45, 2.75) is 0 Å². The summed E-state index contributed by atoms with van der Waals surface area (Å²) < 4.78 is 19.5. The fourth-order valence-electron chi connectivity index (χ4n) is 7.86. The van der Waals surface area contributed by atoms with Crippen molar-refractivity contribution in [1.29, 1.82) is 0 Å². The van der Waals surface area contributed by atoms with E-state index in [0.29, 0.717) is 17.7 Å². The molecule has 5 aromatic carbocycles. The Morgan fingerprint density at radius 1 is 0.462 bits per heavy atom. The first kappa shape index (κ1) is 29.0. The summed E-state index contributed by atoms with van der Waals surface area (Å²) in [6.45, 7) is 0. The third-order valence-corrected chi connectivity index (χ3v) is 13.3. The third kappa shape index (κ3) is 3.98. The van der Waals surface area contributed by atoms with Crippen molar-refractivity contribution in [2.75, 3.05) is 0 Å². The monoisotopic (exact) mass is 687 g/mol. The van der Waals surface area contributed by atoms with Crippen LogP contribution in [-0.2, 0) is 4.57 Å². The number of hydrogen-bond acceptors (Lipinski definition) is 6. The quantitative estimate of drug-likeness (QED) is 0.174. The molecular formula is C43H26N7OP. The summed E-state index contributed by atoms with van der Waals surface area (Å²) in [5.74, 6) is 1.28. The second-order valence-electron chi connectivity index (χ2n) is 12.9. The highest BCUT2D eigenvalue weighted by atomic mass is 31.2. The van der Waals surface area contributed by atoms with Gasteiger partial charge in [0.1, 0.15) is 11.3 Å². The molecule has 10 aromatic rings. The molecule has 1 aliphatic rings. The van der Waals surface area contributed by atoms with E-state index in [9.17, 15) is 0 Å². The topological polar surface area (TPSA) is 91.4 Å². The molecule has 5 aromatic heterocycles. The van der Waals surface area contributed by atoms with Crippen LogP contribution >= 0.6 is 7.14 Å². The van der Waals surface area contributed by atoms with E-state index >= 15 is 4.57 Å². The Morgan fingerprint density at radius 2 is 1.00 bits per heavy atom. The molecule has 1 aliphatic heterocycles. The lowest BCUT2D eigenvalue weighted by Gasteiger charge is -2.16. The van der Waals surface area contributed by atoms with Crippen molar-refractivity contribution in [3.8, 4) is 34.4 Å². The van der Waals surface area contributed by atoms with E-state index in [-0.39, 0.29) is 0 Å². The number of benzene rings is 5. The van der Waals surface area contributed by atoms with Gasteiger partial charge in [0, 0.05) is 55.4 Å². The number of para-hydroxylation sites is 2. The minimum Gasteiger partial charge on any atom is -0.309 e. The Kier molecular flexibility index (Phi) is 6.06. The molecule has 1 unspecified atom stereocenters. The van der Waals surface area contributed by atoms with E-state index in [4.69, 9.17) is 24.9 Å². The van der Waals surface area contributed by atoms with E-state index < -0.39 is 7.14 Å². The Balaban J connectivity index is 1.22. The molecule has 6 heterocycles. The van der Waals surface area contributed by atoms with Crippen LogP contribution in [0.5, 0.6) is 0 Å². The van der Waals surface area contributed by atoms with Crippen molar-refractivity contribution < 1.29 is 4.57 Å². The summed E-state index contributed by atoms with van der Waals surface area (Å²) in [4.78, 5) is 25.2. The fraction of sp³-hybridized carbons (Fsp3) is 0. The number of fused-ring (bicyclic) bond motifs is 9. The van der Waals surface area contributed by atoms with Gasteiger partial charge in [-0.05, 0) is 53.6 Å². The molecule has 1 atom stereocenters. The van der Waals surface area contributed by atoms with Crippen LogP contribution in [0.3, 0.4) is 0 Å². The molecule has 0 amide bonds. The zero-order chi connectivity index (χ0) is 34.4. The summed E-state index contributed by atoms with van der Waals surface area (Å²) >= 11 is 0. The average molecular weight is 688 g/mol. The van der Waals surface area contributed by atoms with Gasteiger partial charge in [-0.3, -0.25) is 9.13 Å². The predicted octanol–water partition coefficient (Wildman–Crippen LogP) is 8.14. The largest absolute Gasteiger partial charge is 0.309 e. The van der Waals surface area contributed by atoms with Crippen LogP contribution in [0.15, 0.2) is 158 Å². The number of nitrogens with zero attached hydrogens (tertiary/aromatic N) is 7. The Labute approximate surface area is 297 Å². The highest BCUT2D eigenvalue weighted by Crippen LogP contribution is 2.52. The molecule has 52 heavy (non-hydrogen) atoms. The summed E-state index contributed by atoms with van der Waals surface area (Å²) in [5.41, 5.74) is 6.01. The van der Waals surface area contributed by atoms with Gasteiger partial charge in [-0.2, -0.15) is 15.0 Å². The Hall–Kier alpha value is -6.76. The standard InChI is InChI=1S/C43H26N7OP/c51-52(28-12-2-1-3-13-28)37-21-9-6-16-31(37)32-23-22-27(26-38(32)52)39-46-42(49-35-19-7-4-14-29(35)33-17-10-24-44-40(33)49)48-43(47-39)50-36-20-8-5-15-30(36)34-18-11-25-45-41(34)50/h1-26H. The van der Waals surface area contributed by atoms with E-state index in [1.54, 1.807) is 12.4 Å². The lowest BCUT2D eigenvalue weighted by Crippen LogP contribution is -2.20. The molecule has 0 bridgehead atoms. The molecule has 0 fully saturated rings. The lowest BCUT2D eigenvalue weighted by atomic mass is 10.0. The maximum atomic E-state index is 15.5. The smallest absolute Gasteiger partial charge is 0.241 e. The molecule has 0 radical (unpaired) electrons. The molecule has 0 aliphatic carbocycles. The highest BCUT2D eigenvalue weighted by Gasteiger charge is 2.40. The van der Waals surface area contributed by atoms with Crippen LogP contribution in [0.2, 0.25) is 0 Å². The third-order valence-electron chi connectivity index (χ3n) is 10.1. The first-order chi connectivity index (χ1) is 25.7. The van der Waals surface area contributed by atoms with Crippen molar-refractivity contribution in [2.24, 2.45) is 0 Å². The van der Waals surface area contributed by atoms with E-state index in [1.165, 1.54) is 0 Å². The molecular weight excluding hydrogens is 661 g/mol. The summed E-state index contributed by atoms with van der Waals surface area (Å²) in [6, 6.07) is 48.3. The van der Waals surface area contributed by atoms with E-state index in [2.05, 4.69) is 48.5 Å². The normalized spacial score (nSPS) is 15.1. The second-order valence-corrected chi connectivity index (χ2v) is 15.6. The van der Waals surface area contributed by atoms with Gasteiger partial charge in [0.05, 0.1) is 11.0 Å². The maximum Gasteiger partial charge on any atom is 0.241 e. The second kappa shape index (κ2) is 10.9. The molecule has 0 saturated heterocycles. The minimum atomic E-state index is -3.20. The minimum absolute atomic E-state index is 0.418. The van der Waals surface area contributed by atoms with E-state index in [0.717, 1.165) is 76.5 Å². The van der Waals surface area contributed by atoms with Crippen LogP contribution in [0, 0.1) is 0 Å². The predicted molar refractivity (Wildman–Crippen MR) is 208 cm³/mol. The van der Waals surface area contributed by atoms with Crippen LogP contribution in [-0.4, -0.2) is 34.1 Å². The van der Waals surface area contributed by atoms with Crippen molar-refractivity contribution in [1.82, 2.24) is 34.1 Å². The van der Waals surface area contributed by atoms with Gasteiger partial charge in [0.15, 0.2) is 13.0 Å². The molecule has 0 spiro atoms. The van der Waals surface area contributed by atoms with Crippen molar-refractivity contribution >= 4 is 66.9 Å². The lowest BCUT2D eigenvalue weighted by molar-refractivity contribution is 0.593. The van der Waals surface area contributed by atoms with Crippen LogP contribution < -0.4 is 15.9 Å². The first-order valence-electron chi connectivity index (χ1n) is 17.0. The molecule has 8 nitrogen and oxygen atoms in total. The van der Waals surface area contributed by atoms with Gasteiger partial charge < -0.3 is 4.57 Å².